The van der Waals surface area contributed by atoms with Gasteiger partial charge in [0.2, 0.25) is 12.8 Å². The van der Waals surface area contributed by atoms with Gasteiger partial charge >= 0.3 is 0 Å². The molecule has 0 bridgehead atoms. The van der Waals surface area contributed by atoms with Gasteiger partial charge in [-0.3, -0.25) is 9.59 Å². The van der Waals surface area contributed by atoms with Crippen molar-refractivity contribution in [3.05, 3.63) is 63.4 Å². The van der Waals surface area contributed by atoms with Crippen LogP contribution >= 0.6 is 23.2 Å². The zero-order chi connectivity index (χ0) is 28.6. The van der Waals surface area contributed by atoms with Crippen LogP contribution in [0.5, 0.6) is 0 Å². The summed E-state index contributed by atoms with van der Waals surface area (Å²) >= 11 is 11.9. The smallest absolute Gasteiger partial charge is 0.211 e. The maximum Gasteiger partial charge on any atom is 0.211 e. The predicted molar refractivity (Wildman–Crippen MR) is 159 cm³/mol. The first-order valence-electron chi connectivity index (χ1n) is 13.3. The quantitative estimate of drug-likeness (QED) is 0.310. The minimum atomic E-state index is -0.491. The van der Waals surface area contributed by atoms with E-state index in [0.717, 1.165) is 24.2 Å². The molecule has 3 N–H and O–H groups in total. The van der Waals surface area contributed by atoms with Crippen LogP contribution in [0.25, 0.3) is 0 Å². The Kier molecular flexibility index (Phi) is 16.2. The van der Waals surface area contributed by atoms with E-state index in [4.69, 9.17) is 23.2 Å². The van der Waals surface area contributed by atoms with Crippen LogP contribution in [-0.4, -0.2) is 32.5 Å². The van der Waals surface area contributed by atoms with Gasteiger partial charge in [0.1, 0.15) is 5.82 Å². The molecular weight excluding hydrogens is 524 g/mol. The second kappa shape index (κ2) is 18.2. The molecule has 4 rings (SSSR count). The number of anilines is 1. The van der Waals surface area contributed by atoms with Gasteiger partial charge in [-0.25, -0.2) is 4.39 Å². The molecule has 38 heavy (non-hydrogen) atoms. The molecule has 2 amide bonds. The Morgan fingerprint density at radius 3 is 2.00 bits per heavy atom. The molecule has 2 aromatic carbocycles. The number of hydrogen-bond acceptors (Lipinski definition) is 3. The summed E-state index contributed by atoms with van der Waals surface area (Å²) in [7, 11) is 0. The molecule has 0 aromatic heterocycles. The van der Waals surface area contributed by atoms with Crippen molar-refractivity contribution >= 4 is 41.7 Å². The van der Waals surface area contributed by atoms with Crippen LogP contribution in [0.2, 0.25) is 10.0 Å². The molecule has 0 spiro atoms. The van der Waals surface area contributed by atoms with E-state index >= 15 is 0 Å². The van der Waals surface area contributed by atoms with Crippen LogP contribution in [0.15, 0.2) is 36.4 Å². The van der Waals surface area contributed by atoms with E-state index in [1.54, 1.807) is 0 Å². The van der Waals surface area contributed by atoms with Crippen molar-refractivity contribution in [2.24, 2.45) is 5.41 Å². The van der Waals surface area contributed by atoms with Gasteiger partial charge in [-0.05, 0) is 47.7 Å². The molecule has 2 atom stereocenters. The first-order valence-corrected chi connectivity index (χ1v) is 14.1. The van der Waals surface area contributed by atoms with E-state index in [2.05, 4.69) is 43.6 Å². The SMILES string of the molecule is C1CCCC1.CC(C)(C)C.CCNC=O.O=CNc1cc(Cl)c(F)cc1[C@@H]1CNC[C@@H]1c1cccc(Cl)c1. The Morgan fingerprint density at radius 2 is 1.53 bits per heavy atom. The lowest BCUT2D eigenvalue weighted by molar-refractivity contribution is -0.109. The van der Waals surface area contributed by atoms with Crippen LogP contribution in [0.1, 0.15) is 89.7 Å². The molecule has 212 valence electrons. The summed E-state index contributed by atoms with van der Waals surface area (Å²) in [6, 6.07) is 10.5. The second-order valence-electron chi connectivity index (χ2n) is 11.0. The number of rotatable bonds is 6. The van der Waals surface area contributed by atoms with Gasteiger partial charge in [0, 0.05) is 42.2 Å². The number of hydrogen-bond donors (Lipinski definition) is 3. The van der Waals surface area contributed by atoms with Crippen molar-refractivity contribution in [3.8, 4) is 0 Å². The van der Waals surface area contributed by atoms with Crippen molar-refractivity contribution in [3.63, 3.8) is 0 Å². The summed E-state index contributed by atoms with van der Waals surface area (Å²) in [6.45, 7) is 12.8. The van der Waals surface area contributed by atoms with E-state index in [-0.39, 0.29) is 16.9 Å². The Balaban J connectivity index is 0.000000392. The van der Waals surface area contributed by atoms with Gasteiger partial charge in [-0.1, -0.05) is 95.1 Å². The van der Waals surface area contributed by atoms with Gasteiger partial charge in [-0.15, -0.1) is 0 Å². The molecule has 2 fully saturated rings. The van der Waals surface area contributed by atoms with Gasteiger partial charge < -0.3 is 16.0 Å². The van der Waals surface area contributed by atoms with Gasteiger partial charge in [0.25, 0.3) is 0 Å². The molecule has 0 radical (unpaired) electrons. The van der Waals surface area contributed by atoms with Crippen LogP contribution < -0.4 is 16.0 Å². The van der Waals surface area contributed by atoms with Crippen LogP contribution in [-0.2, 0) is 9.59 Å². The van der Waals surface area contributed by atoms with Gasteiger partial charge in [0.15, 0.2) is 0 Å². The first-order chi connectivity index (χ1) is 18.0. The highest BCUT2D eigenvalue weighted by Crippen LogP contribution is 2.41. The normalized spacial score (nSPS) is 18.0. The minimum absolute atomic E-state index is 0.0108. The van der Waals surface area contributed by atoms with Crippen molar-refractivity contribution in [2.45, 2.75) is 78.6 Å². The van der Waals surface area contributed by atoms with Gasteiger partial charge in [-0.2, -0.15) is 0 Å². The molecule has 1 saturated carbocycles. The number of nitrogens with one attached hydrogen (secondary N) is 3. The Labute approximate surface area is 238 Å². The third kappa shape index (κ3) is 13.6. The average Bonchev–Trinajstić information content (AvgIpc) is 3.57. The lowest BCUT2D eigenvalue weighted by Crippen LogP contribution is -2.12. The molecule has 2 aromatic rings. The van der Waals surface area contributed by atoms with E-state index < -0.39 is 5.82 Å². The minimum Gasteiger partial charge on any atom is -0.359 e. The van der Waals surface area contributed by atoms with Crippen molar-refractivity contribution in [1.29, 1.82) is 0 Å². The molecule has 1 aliphatic carbocycles. The average molecular weight is 569 g/mol. The lowest BCUT2D eigenvalue weighted by Gasteiger charge is -2.22. The summed E-state index contributed by atoms with van der Waals surface area (Å²) in [4.78, 5) is 20.1. The molecule has 1 aliphatic heterocycles. The third-order valence-corrected chi connectivity index (χ3v) is 6.26. The highest BCUT2D eigenvalue weighted by molar-refractivity contribution is 6.31. The second-order valence-corrected chi connectivity index (χ2v) is 11.8. The van der Waals surface area contributed by atoms with Crippen LogP contribution in [0.4, 0.5) is 10.1 Å². The summed E-state index contributed by atoms with van der Waals surface area (Å²) in [6.07, 6.45) is 8.75. The van der Waals surface area contributed by atoms with Crippen molar-refractivity contribution in [1.82, 2.24) is 10.6 Å². The van der Waals surface area contributed by atoms with E-state index in [1.807, 2.05) is 31.2 Å². The van der Waals surface area contributed by atoms with E-state index in [9.17, 15) is 14.0 Å². The zero-order valence-electron chi connectivity index (χ0n) is 23.4. The molecule has 2 aliphatic rings. The van der Waals surface area contributed by atoms with E-state index in [1.165, 1.54) is 44.2 Å². The number of carbonyl (C=O) groups excluding carboxylic acids is 2. The van der Waals surface area contributed by atoms with E-state index in [0.29, 0.717) is 35.5 Å². The summed E-state index contributed by atoms with van der Waals surface area (Å²) in [5.74, 6) is -0.334. The fourth-order valence-corrected chi connectivity index (χ4v) is 4.48. The van der Waals surface area contributed by atoms with Crippen molar-refractivity contribution < 1.29 is 14.0 Å². The molecule has 1 heterocycles. The molecule has 0 unspecified atom stereocenters. The molecule has 8 heteroatoms. The standard InChI is InChI=1S/C17H15Cl2FN2O.C5H10.C5H12.C3H7NO/c18-11-3-1-2-10(4-11)13-7-21-8-14(13)12-5-16(20)15(19)6-17(12)22-9-23;1-2-4-5-3-1;1-5(2,3)4;1-2-4-3-5/h1-6,9,13-14,21H,7-8H2,(H,22,23);1-5H2;1-4H3;3H,2H2,1H3,(H,4,5)/t13-,14+;;;/m1.../s1. The molecular formula is C30H44Cl2FN3O2. The number of benzene rings is 2. The van der Waals surface area contributed by atoms with Crippen LogP contribution in [0, 0.1) is 11.2 Å². The monoisotopic (exact) mass is 567 g/mol. The topological polar surface area (TPSA) is 70.2 Å². The summed E-state index contributed by atoms with van der Waals surface area (Å²) in [5.41, 5.74) is 2.85. The number of carbonyl (C=O) groups is 2. The fourth-order valence-electron chi connectivity index (χ4n) is 4.12. The maximum atomic E-state index is 14.0. The first kappa shape index (κ1) is 33.9. The fraction of sp³-hybridized carbons (Fsp3) is 0.533. The largest absolute Gasteiger partial charge is 0.359 e. The Hall–Kier alpha value is -2.15. The summed E-state index contributed by atoms with van der Waals surface area (Å²) < 4.78 is 14.0. The highest BCUT2D eigenvalue weighted by Gasteiger charge is 2.32. The Morgan fingerprint density at radius 1 is 0.947 bits per heavy atom. The lowest BCUT2D eigenvalue weighted by atomic mass is 9.83. The maximum absolute atomic E-state index is 14.0. The zero-order valence-corrected chi connectivity index (χ0v) is 24.9. The van der Waals surface area contributed by atoms with Gasteiger partial charge in [0.05, 0.1) is 5.02 Å². The van der Waals surface area contributed by atoms with Crippen LogP contribution in [0.3, 0.4) is 0 Å². The third-order valence-electron chi connectivity index (χ3n) is 5.73. The molecule has 1 saturated heterocycles. The number of halogens is 3. The predicted octanol–water partition coefficient (Wildman–Crippen LogP) is 7.93. The number of amides is 2. The highest BCUT2D eigenvalue weighted by atomic mass is 35.5. The van der Waals surface area contributed by atoms with Crippen molar-refractivity contribution in [2.75, 3.05) is 25.0 Å². The summed E-state index contributed by atoms with van der Waals surface area (Å²) in [5, 5.41) is 9.03. The Bertz CT molecular complexity index is 965. The molecule has 5 nitrogen and oxygen atoms in total.